The number of hydrogen-bond acceptors (Lipinski definition) is 2. The average Bonchev–Trinajstić information content (AvgIpc) is 2.63. The second-order valence-corrected chi connectivity index (χ2v) is 6.71. The fourth-order valence-corrected chi connectivity index (χ4v) is 3.77. The molecule has 0 aromatic carbocycles. The minimum absolute atomic E-state index is 0.180. The monoisotopic (exact) mass is 266 g/mol. The van der Waals surface area contributed by atoms with Crippen LogP contribution < -0.4 is 11.1 Å². The zero-order chi connectivity index (χ0) is 13.7. The molecule has 3 nitrogen and oxygen atoms in total. The van der Waals surface area contributed by atoms with E-state index in [1.807, 2.05) is 0 Å². The van der Waals surface area contributed by atoms with Gasteiger partial charge in [-0.2, -0.15) is 0 Å². The summed E-state index contributed by atoms with van der Waals surface area (Å²) in [5, 5.41) is 3.32. The molecule has 2 aliphatic rings. The third-order valence-electron chi connectivity index (χ3n) is 5.15. The summed E-state index contributed by atoms with van der Waals surface area (Å²) in [5.41, 5.74) is 5.83. The first-order valence-corrected chi connectivity index (χ1v) is 8.21. The van der Waals surface area contributed by atoms with Crippen LogP contribution >= 0.6 is 0 Å². The maximum absolute atomic E-state index is 12.5. The lowest BCUT2D eigenvalue weighted by Crippen LogP contribution is -2.43. The quantitative estimate of drug-likeness (QED) is 0.772. The Hall–Kier alpha value is -0.570. The van der Waals surface area contributed by atoms with Crippen molar-refractivity contribution in [2.45, 2.75) is 70.8 Å². The molecule has 0 aromatic rings. The van der Waals surface area contributed by atoms with Gasteiger partial charge in [0, 0.05) is 12.0 Å². The number of carbonyl (C=O) groups is 1. The Kier molecular flexibility index (Phi) is 5.68. The van der Waals surface area contributed by atoms with E-state index in [0.29, 0.717) is 18.5 Å². The lowest BCUT2D eigenvalue weighted by molar-refractivity contribution is -0.128. The van der Waals surface area contributed by atoms with Gasteiger partial charge < -0.3 is 11.1 Å². The number of nitrogens with one attached hydrogen (secondary N) is 1. The van der Waals surface area contributed by atoms with Crippen molar-refractivity contribution in [3.63, 3.8) is 0 Å². The number of rotatable bonds is 3. The predicted molar refractivity (Wildman–Crippen MR) is 78.7 cm³/mol. The van der Waals surface area contributed by atoms with Gasteiger partial charge in [0.05, 0.1) is 0 Å². The Balaban J connectivity index is 1.85. The molecule has 0 aromatic heterocycles. The van der Waals surface area contributed by atoms with Gasteiger partial charge in [-0.15, -0.1) is 0 Å². The van der Waals surface area contributed by atoms with Crippen molar-refractivity contribution in [2.75, 3.05) is 6.54 Å². The van der Waals surface area contributed by atoms with Crippen LogP contribution in [0.25, 0.3) is 0 Å². The van der Waals surface area contributed by atoms with Gasteiger partial charge >= 0.3 is 0 Å². The molecule has 2 fully saturated rings. The van der Waals surface area contributed by atoms with Gasteiger partial charge in [0.1, 0.15) is 0 Å². The van der Waals surface area contributed by atoms with Crippen LogP contribution in [0.1, 0.15) is 64.7 Å². The van der Waals surface area contributed by atoms with E-state index >= 15 is 0 Å². The predicted octanol–water partition coefficient (Wildman–Crippen LogP) is 2.84. The van der Waals surface area contributed by atoms with E-state index in [0.717, 1.165) is 31.6 Å². The molecule has 0 spiro atoms. The summed E-state index contributed by atoms with van der Waals surface area (Å²) < 4.78 is 0. The van der Waals surface area contributed by atoms with Crippen LogP contribution in [0, 0.1) is 17.8 Å². The molecule has 19 heavy (non-hydrogen) atoms. The number of carbonyl (C=O) groups excluding carboxylic acids is 1. The summed E-state index contributed by atoms with van der Waals surface area (Å²) in [5.74, 6) is 1.71. The standard InChI is InChI=1S/C16H30N2O/c1-12-5-4-7-14(10-9-12)18-16(19)15-8-3-2-6-13(15)11-17/h12-15H,2-11,17H2,1H3,(H,18,19). The van der Waals surface area contributed by atoms with Gasteiger partial charge in [0.2, 0.25) is 5.91 Å². The first kappa shape index (κ1) is 14.8. The van der Waals surface area contributed by atoms with Gasteiger partial charge in [-0.3, -0.25) is 4.79 Å². The van der Waals surface area contributed by atoms with Crippen molar-refractivity contribution in [1.82, 2.24) is 5.32 Å². The third kappa shape index (κ3) is 4.20. The molecule has 0 radical (unpaired) electrons. The van der Waals surface area contributed by atoms with E-state index in [-0.39, 0.29) is 11.8 Å². The molecule has 1 amide bonds. The highest BCUT2D eigenvalue weighted by Gasteiger charge is 2.31. The topological polar surface area (TPSA) is 55.1 Å². The van der Waals surface area contributed by atoms with E-state index in [4.69, 9.17) is 5.73 Å². The average molecular weight is 266 g/mol. The zero-order valence-electron chi connectivity index (χ0n) is 12.4. The highest BCUT2D eigenvalue weighted by molar-refractivity contribution is 5.79. The van der Waals surface area contributed by atoms with Crippen molar-refractivity contribution < 1.29 is 4.79 Å². The fraction of sp³-hybridized carbons (Fsp3) is 0.938. The highest BCUT2D eigenvalue weighted by Crippen LogP contribution is 2.30. The molecular formula is C16H30N2O. The van der Waals surface area contributed by atoms with Crippen LogP contribution in [0.5, 0.6) is 0 Å². The summed E-state index contributed by atoms with van der Waals surface area (Å²) in [6.07, 6.45) is 10.8. The fourth-order valence-electron chi connectivity index (χ4n) is 3.77. The number of amides is 1. The van der Waals surface area contributed by atoms with Crippen molar-refractivity contribution in [3.8, 4) is 0 Å². The van der Waals surface area contributed by atoms with Crippen molar-refractivity contribution in [1.29, 1.82) is 0 Å². The Morgan fingerprint density at radius 2 is 1.84 bits per heavy atom. The van der Waals surface area contributed by atoms with E-state index < -0.39 is 0 Å². The minimum atomic E-state index is 0.180. The largest absolute Gasteiger partial charge is 0.353 e. The van der Waals surface area contributed by atoms with Crippen LogP contribution in [0.3, 0.4) is 0 Å². The molecule has 0 aliphatic heterocycles. The zero-order valence-corrected chi connectivity index (χ0v) is 12.4. The summed E-state index contributed by atoms with van der Waals surface area (Å²) in [7, 11) is 0. The highest BCUT2D eigenvalue weighted by atomic mass is 16.2. The molecule has 2 rings (SSSR count). The molecule has 0 saturated heterocycles. The molecule has 2 aliphatic carbocycles. The second kappa shape index (κ2) is 7.28. The van der Waals surface area contributed by atoms with Crippen molar-refractivity contribution >= 4 is 5.91 Å². The van der Waals surface area contributed by atoms with Gasteiger partial charge in [0.15, 0.2) is 0 Å². The first-order valence-electron chi connectivity index (χ1n) is 8.21. The van der Waals surface area contributed by atoms with Crippen molar-refractivity contribution in [2.24, 2.45) is 23.5 Å². The molecule has 110 valence electrons. The SMILES string of the molecule is CC1CCCC(NC(=O)C2CCCCC2CN)CC1. The van der Waals surface area contributed by atoms with Crippen molar-refractivity contribution in [3.05, 3.63) is 0 Å². The molecule has 3 N–H and O–H groups in total. The van der Waals surface area contributed by atoms with Gasteiger partial charge in [-0.25, -0.2) is 0 Å². The normalized spacial score (nSPS) is 36.5. The molecular weight excluding hydrogens is 236 g/mol. The number of nitrogens with two attached hydrogens (primary N) is 1. The van der Waals surface area contributed by atoms with Gasteiger partial charge in [-0.1, -0.05) is 32.6 Å². The summed E-state index contributed by atoms with van der Waals surface area (Å²) >= 11 is 0. The molecule has 0 heterocycles. The Morgan fingerprint density at radius 1 is 1.05 bits per heavy atom. The Labute approximate surface area is 117 Å². The van der Waals surface area contributed by atoms with Crippen LogP contribution in [0.15, 0.2) is 0 Å². The smallest absolute Gasteiger partial charge is 0.223 e. The molecule has 4 unspecified atom stereocenters. The molecule has 4 atom stereocenters. The van der Waals surface area contributed by atoms with Gasteiger partial charge in [-0.05, 0) is 50.5 Å². The summed E-state index contributed by atoms with van der Waals surface area (Å²) in [4.78, 5) is 12.5. The van der Waals surface area contributed by atoms with Crippen LogP contribution in [0.2, 0.25) is 0 Å². The number of hydrogen-bond donors (Lipinski definition) is 2. The van der Waals surface area contributed by atoms with Crippen LogP contribution in [-0.4, -0.2) is 18.5 Å². The van der Waals surface area contributed by atoms with E-state index in [1.54, 1.807) is 0 Å². The molecule has 2 saturated carbocycles. The van der Waals surface area contributed by atoms with Crippen LogP contribution in [-0.2, 0) is 4.79 Å². The lowest BCUT2D eigenvalue weighted by Gasteiger charge is -2.31. The van der Waals surface area contributed by atoms with E-state index in [9.17, 15) is 4.79 Å². The maximum atomic E-state index is 12.5. The maximum Gasteiger partial charge on any atom is 0.223 e. The first-order chi connectivity index (χ1) is 9.20. The van der Waals surface area contributed by atoms with E-state index in [1.165, 1.54) is 32.1 Å². The summed E-state index contributed by atoms with van der Waals surface area (Å²) in [6.45, 7) is 3.00. The minimum Gasteiger partial charge on any atom is -0.353 e. The van der Waals surface area contributed by atoms with Crippen LogP contribution in [0.4, 0.5) is 0 Å². The Bertz CT molecular complexity index is 292. The molecule has 0 bridgehead atoms. The third-order valence-corrected chi connectivity index (χ3v) is 5.15. The van der Waals surface area contributed by atoms with Gasteiger partial charge in [0.25, 0.3) is 0 Å². The molecule has 3 heteroatoms. The lowest BCUT2D eigenvalue weighted by atomic mass is 9.78. The Morgan fingerprint density at radius 3 is 2.63 bits per heavy atom. The van der Waals surface area contributed by atoms with E-state index in [2.05, 4.69) is 12.2 Å². The summed E-state index contributed by atoms with van der Waals surface area (Å²) in [6, 6.07) is 0.415. The second-order valence-electron chi connectivity index (χ2n) is 6.71.